The van der Waals surface area contributed by atoms with E-state index >= 15 is 0 Å². The lowest BCUT2D eigenvalue weighted by molar-refractivity contribution is -0.140. The van der Waals surface area contributed by atoms with Gasteiger partial charge in [-0.3, -0.25) is 14.4 Å². The highest BCUT2D eigenvalue weighted by molar-refractivity contribution is 6.74. The maximum atomic E-state index is 13.5. The summed E-state index contributed by atoms with van der Waals surface area (Å²) >= 11 is 0. The van der Waals surface area contributed by atoms with Crippen LogP contribution >= 0.6 is 0 Å². The van der Waals surface area contributed by atoms with E-state index in [0.717, 1.165) is 19.3 Å². The Morgan fingerprint density at radius 3 is 2.07 bits per heavy atom. The van der Waals surface area contributed by atoms with Crippen LogP contribution in [0, 0.1) is 17.8 Å². The van der Waals surface area contributed by atoms with Crippen LogP contribution in [0.25, 0.3) is 0 Å². The first kappa shape index (κ1) is 38.9. The third-order valence-electron chi connectivity index (χ3n) is 9.94. The molecule has 0 aromatic carbocycles. The normalized spacial score (nSPS) is 22.0. The number of hydrogen-bond donors (Lipinski definition) is 0. The van der Waals surface area contributed by atoms with Crippen LogP contribution < -0.4 is 0 Å². The zero-order valence-corrected chi connectivity index (χ0v) is 31.4. The van der Waals surface area contributed by atoms with E-state index < -0.39 is 16.6 Å². The molecule has 42 heavy (non-hydrogen) atoms. The van der Waals surface area contributed by atoms with Gasteiger partial charge in [-0.25, -0.2) is 0 Å². The molecular formula is C34H64O6Si2. The molecule has 8 heteroatoms. The van der Waals surface area contributed by atoms with Gasteiger partial charge in [0, 0.05) is 37.5 Å². The van der Waals surface area contributed by atoms with Crippen molar-refractivity contribution in [3.05, 3.63) is 12.2 Å². The molecule has 1 aliphatic carbocycles. The summed E-state index contributed by atoms with van der Waals surface area (Å²) in [6.07, 6.45) is 9.83. The van der Waals surface area contributed by atoms with Gasteiger partial charge in [0.15, 0.2) is 16.6 Å². The maximum Gasteiger partial charge on any atom is 0.305 e. The molecule has 6 nitrogen and oxygen atoms in total. The standard InChI is InChI=1S/C34H64O6Si2/c1-14-17-25(2)22-27(39-41(10,11)33(3,4)5)20-21-28-29(23-26(35)18-15-16-19-32(37)38-9)30(36)24-31(28)40-42(12,13)34(6,7)8/h20-21,25,27-29,31H,14-19,22-24H2,1-13H3/b21-20+/t25-,27?,28+,29+,31?/m0/s1. The fourth-order valence-electron chi connectivity index (χ4n) is 5.16. The first-order valence-electron chi connectivity index (χ1n) is 16.3. The van der Waals surface area contributed by atoms with Gasteiger partial charge in [0.05, 0.1) is 19.3 Å². The van der Waals surface area contributed by atoms with Crippen LogP contribution in [-0.4, -0.2) is 53.5 Å². The smallest absolute Gasteiger partial charge is 0.305 e. The Hall–Kier alpha value is -1.10. The van der Waals surface area contributed by atoms with Crippen molar-refractivity contribution in [1.82, 2.24) is 0 Å². The van der Waals surface area contributed by atoms with Crippen LogP contribution in [0.2, 0.25) is 36.3 Å². The minimum absolute atomic E-state index is 0.0153. The number of methoxy groups -OCH3 is 1. The van der Waals surface area contributed by atoms with E-state index in [1.54, 1.807) is 0 Å². The van der Waals surface area contributed by atoms with Gasteiger partial charge in [0.1, 0.15) is 11.6 Å². The van der Waals surface area contributed by atoms with Crippen LogP contribution in [0.5, 0.6) is 0 Å². The summed E-state index contributed by atoms with van der Waals surface area (Å²) in [5, 5.41) is 0.106. The molecule has 0 aromatic heterocycles. The molecule has 0 aliphatic heterocycles. The number of rotatable bonds is 17. The summed E-state index contributed by atoms with van der Waals surface area (Å²) < 4.78 is 18.5. The lowest BCUT2D eigenvalue weighted by atomic mass is 9.87. The molecule has 5 atom stereocenters. The molecule has 0 radical (unpaired) electrons. The Labute approximate surface area is 260 Å². The third-order valence-corrected chi connectivity index (χ3v) is 18.9. The maximum absolute atomic E-state index is 13.5. The van der Waals surface area contributed by atoms with Crippen molar-refractivity contribution in [2.24, 2.45) is 17.8 Å². The number of Topliss-reactive ketones (excluding diaryl/α,β-unsaturated/α-hetero) is 2. The minimum Gasteiger partial charge on any atom is -0.469 e. The second-order valence-corrected chi connectivity index (χ2v) is 25.2. The minimum atomic E-state index is -2.15. The van der Waals surface area contributed by atoms with Crippen molar-refractivity contribution in [3.8, 4) is 0 Å². The highest BCUT2D eigenvalue weighted by Crippen LogP contribution is 2.43. The Kier molecular flexibility index (Phi) is 15.1. The summed E-state index contributed by atoms with van der Waals surface area (Å²) in [4.78, 5) is 38.0. The monoisotopic (exact) mass is 624 g/mol. The van der Waals surface area contributed by atoms with Crippen molar-refractivity contribution in [1.29, 1.82) is 0 Å². The number of hydrogen-bond acceptors (Lipinski definition) is 6. The van der Waals surface area contributed by atoms with Crippen molar-refractivity contribution in [2.45, 2.75) is 162 Å². The molecule has 0 spiro atoms. The molecule has 0 saturated heterocycles. The van der Waals surface area contributed by atoms with E-state index in [0.29, 0.717) is 38.0 Å². The zero-order chi connectivity index (χ0) is 32.5. The highest BCUT2D eigenvalue weighted by atomic mass is 28.4. The Balaban J connectivity index is 3.30. The molecule has 1 aliphatic rings. The second-order valence-electron chi connectivity index (χ2n) is 15.7. The quantitative estimate of drug-likeness (QED) is 0.0695. The van der Waals surface area contributed by atoms with Gasteiger partial charge in [0.2, 0.25) is 0 Å². The van der Waals surface area contributed by atoms with E-state index in [2.05, 4.69) is 93.7 Å². The van der Waals surface area contributed by atoms with Gasteiger partial charge in [-0.1, -0.05) is 80.4 Å². The average molecular weight is 625 g/mol. The topological polar surface area (TPSA) is 78.9 Å². The molecule has 244 valence electrons. The van der Waals surface area contributed by atoms with Gasteiger partial charge >= 0.3 is 5.97 Å². The SMILES string of the molecule is CCC[C@H](C)CC(/C=C/[C@H]1C(O[Si](C)(C)C(C)(C)C)CC(=O)[C@@H]1CC(=O)CCCCC(=O)OC)O[Si](C)(C)C(C)(C)C. The average Bonchev–Trinajstić information content (AvgIpc) is 3.11. The summed E-state index contributed by atoms with van der Waals surface area (Å²) in [5.41, 5.74) is 0. The van der Waals surface area contributed by atoms with Crippen LogP contribution in [0.1, 0.15) is 113 Å². The van der Waals surface area contributed by atoms with Gasteiger partial charge < -0.3 is 13.6 Å². The van der Waals surface area contributed by atoms with Crippen molar-refractivity contribution < 1.29 is 28.0 Å². The number of esters is 1. The summed E-state index contributed by atoms with van der Waals surface area (Å²) in [5.74, 6) is -0.0655. The van der Waals surface area contributed by atoms with E-state index in [4.69, 9.17) is 13.6 Å². The number of ether oxygens (including phenoxy) is 1. The van der Waals surface area contributed by atoms with Crippen LogP contribution in [-0.2, 0) is 28.0 Å². The highest BCUT2D eigenvalue weighted by Gasteiger charge is 2.48. The van der Waals surface area contributed by atoms with E-state index in [-0.39, 0.29) is 58.1 Å². The van der Waals surface area contributed by atoms with Gasteiger partial charge in [0.25, 0.3) is 0 Å². The lowest BCUT2D eigenvalue weighted by Crippen LogP contribution is -2.45. The van der Waals surface area contributed by atoms with E-state index in [1.807, 2.05) is 0 Å². The van der Waals surface area contributed by atoms with Crippen molar-refractivity contribution >= 4 is 34.2 Å². The van der Waals surface area contributed by atoms with Crippen LogP contribution in [0.15, 0.2) is 12.2 Å². The van der Waals surface area contributed by atoms with Crippen LogP contribution in [0.3, 0.4) is 0 Å². The largest absolute Gasteiger partial charge is 0.469 e. The molecule has 2 unspecified atom stereocenters. The number of ketones is 2. The number of carbonyl (C=O) groups is 3. The van der Waals surface area contributed by atoms with E-state index in [1.165, 1.54) is 7.11 Å². The van der Waals surface area contributed by atoms with Crippen LogP contribution in [0.4, 0.5) is 0 Å². The Morgan fingerprint density at radius 2 is 1.55 bits per heavy atom. The number of unbranched alkanes of at least 4 members (excludes halogenated alkanes) is 1. The first-order chi connectivity index (χ1) is 19.1. The zero-order valence-electron chi connectivity index (χ0n) is 29.4. The predicted octanol–water partition coefficient (Wildman–Crippen LogP) is 9.05. The Bertz CT molecular complexity index is 912. The molecular weight excluding hydrogens is 561 g/mol. The molecule has 1 saturated carbocycles. The van der Waals surface area contributed by atoms with Crippen molar-refractivity contribution in [3.63, 3.8) is 0 Å². The summed E-state index contributed by atoms with van der Waals surface area (Å²) in [7, 11) is -2.80. The predicted molar refractivity (Wildman–Crippen MR) is 179 cm³/mol. The number of carbonyl (C=O) groups excluding carboxylic acids is 3. The molecule has 1 fully saturated rings. The van der Waals surface area contributed by atoms with E-state index in [9.17, 15) is 14.4 Å². The molecule has 1 rings (SSSR count). The summed E-state index contributed by atoms with van der Waals surface area (Å²) in [6, 6.07) is 0. The second kappa shape index (κ2) is 16.3. The summed E-state index contributed by atoms with van der Waals surface area (Å²) in [6.45, 7) is 27.0. The lowest BCUT2D eigenvalue weighted by Gasteiger charge is -2.40. The molecule has 0 amide bonds. The molecule has 0 aromatic rings. The molecule has 0 N–H and O–H groups in total. The van der Waals surface area contributed by atoms with Gasteiger partial charge in [-0.05, 0) is 61.4 Å². The van der Waals surface area contributed by atoms with Crippen molar-refractivity contribution in [2.75, 3.05) is 7.11 Å². The third kappa shape index (κ3) is 12.1. The first-order valence-corrected chi connectivity index (χ1v) is 22.1. The fraction of sp³-hybridized carbons (Fsp3) is 0.853. The Morgan fingerprint density at radius 1 is 0.976 bits per heavy atom. The molecule has 0 heterocycles. The van der Waals surface area contributed by atoms with Gasteiger partial charge in [-0.2, -0.15) is 0 Å². The molecule has 0 bridgehead atoms. The van der Waals surface area contributed by atoms with Gasteiger partial charge in [-0.15, -0.1) is 0 Å². The fourth-order valence-corrected chi connectivity index (χ4v) is 7.80.